The quantitative estimate of drug-likeness (QED) is 0.116. The zero-order valence-electron chi connectivity index (χ0n) is 16.3. The summed E-state index contributed by atoms with van der Waals surface area (Å²) in [6, 6.07) is -4.08. The second kappa shape index (κ2) is 13.8. The number of hydrogen-bond donors (Lipinski definition) is 8. The average Bonchev–Trinajstić information content (AvgIpc) is 2.64. The summed E-state index contributed by atoms with van der Waals surface area (Å²) < 4.78 is 0. The van der Waals surface area contributed by atoms with Crippen molar-refractivity contribution in [1.29, 1.82) is 0 Å². The first-order chi connectivity index (χ1) is 14.0. The molecular weight excluding hydrogens is 404 g/mol. The van der Waals surface area contributed by atoms with E-state index < -0.39 is 73.1 Å². The molecule has 3 atom stereocenters. The Morgan fingerprint density at radius 3 is 2.00 bits per heavy atom. The number of unbranched alkanes of at least 4 members (excludes halogenated alkanes) is 1. The van der Waals surface area contributed by atoms with Crippen LogP contribution in [0.4, 0.5) is 0 Å². The van der Waals surface area contributed by atoms with Crippen LogP contribution in [0.15, 0.2) is 0 Å². The van der Waals surface area contributed by atoms with E-state index in [1.807, 2.05) is 5.32 Å². The largest absolute Gasteiger partial charge is 0.481 e. The van der Waals surface area contributed by atoms with Crippen LogP contribution in [0, 0.1) is 0 Å². The van der Waals surface area contributed by atoms with E-state index in [1.165, 1.54) is 0 Å². The van der Waals surface area contributed by atoms with E-state index in [0.29, 0.717) is 19.4 Å². The fraction of sp³-hybridized carbons (Fsp3) is 0.625. The Morgan fingerprint density at radius 2 is 1.50 bits per heavy atom. The maximum absolute atomic E-state index is 12.2. The molecule has 14 heteroatoms. The highest BCUT2D eigenvalue weighted by atomic mass is 16.4. The highest BCUT2D eigenvalue weighted by Crippen LogP contribution is 2.00. The lowest BCUT2D eigenvalue weighted by molar-refractivity contribution is -0.143. The van der Waals surface area contributed by atoms with Gasteiger partial charge in [0, 0.05) is 0 Å². The molecule has 0 spiro atoms. The van der Waals surface area contributed by atoms with Gasteiger partial charge in [0.25, 0.3) is 0 Å². The van der Waals surface area contributed by atoms with Crippen LogP contribution in [0.3, 0.4) is 0 Å². The Balaban J connectivity index is 4.81. The third-order valence-corrected chi connectivity index (χ3v) is 3.78. The van der Waals surface area contributed by atoms with Crippen molar-refractivity contribution in [1.82, 2.24) is 16.0 Å². The number of aliphatic carboxylic acids is 2. The van der Waals surface area contributed by atoms with Gasteiger partial charge in [-0.3, -0.25) is 24.0 Å². The van der Waals surface area contributed by atoms with Crippen molar-refractivity contribution in [2.75, 3.05) is 13.1 Å². The predicted octanol–water partition coefficient (Wildman–Crippen LogP) is -4.04. The third-order valence-electron chi connectivity index (χ3n) is 3.78. The molecule has 14 nitrogen and oxygen atoms in total. The van der Waals surface area contributed by atoms with Crippen molar-refractivity contribution in [2.24, 2.45) is 17.2 Å². The van der Waals surface area contributed by atoms with E-state index in [1.54, 1.807) is 0 Å². The van der Waals surface area contributed by atoms with Gasteiger partial charge in [-0.2, -0.15) is 0 Å². The maximum Gasteiger partial charge on any atom is 0.326 e. The molecule has 0 aromatic heterocycles. The van der Waals surface area contributed by atoms with Crippen LogP contribution in [0.1, 0.15) is 32.1 Å². The summed E-state index contributed by atoms with van der Waals surface area (Å²) in [6.45, 7) is -0.307. The van der Waals surface area contributed by atoms with Gasteiger partial charge in [0.05, 0.1) is 25.4 Å². The number of hydrogen-bond acceptors (Lipinski definition) is 8. The molecule has 3 unspecified atom stereocenters. The lowest BCUT2D eigenvalue weighted by atomic mass is 10.1. The van der Waals surface area contributed by atoms with Crippen molar-refractivity contribution in [3.05, 3.63) is 0 Å². The molecule has 0 fully saturated rings. The zero-order valence-corrected chi connectivity index (χ0v) is 16.3. The number of nitrogens with two attached hydrogens (primary N) is 3. The van der Waals surface area contributed by atoms with Crippen LogP contribution in [0.2, 0.25) is 0 Å². The standard InChI is InChI=1S/C16H28N6O8/c17-4-2-1-3-8(18)14(27)22-9(6-13(25)26)15(28)20-7-12(24)21-10(16(29)30)5-11(19)23/h8-10H,1-7,17-18H2,(H2,19,23)(H,20,28)(H,21,24)(H,22,27)(H,25,26)(H,29,30). The summed E-state index contributed by atoms with van der Waals surface area (Å²) in [5, 5.41) is 24.1. The Hall–Kier alpha value is -3.26. The molecule has 0 aromatic carbocycles. The van der Waals surface area contributed by atoms with Gasteiger partial charge in [0.1, 0.15) is 12.1 Å². The van der Waals surface area contributed by atoms with Crippen LogP contribution in [-0.4, -0.2) is 77.0 Å². The zero-order chi connectivity index (χ0) is 23.3. The minimum absolute atomic E-state index is 0.281. The molecule has 0 aliphatic heterocycles. The van der Waals surface area contributed by atoms with Gasteiger partial charge < -0.3 is 43.4 Å². The smallest absolute Gasteiger partial charge is 0.326 e. The van der Waals surface area contributed by atoms with E-state index in [0.717, 1.165) is 0 Å². The Bertz CT molecular complexity index is 656. The van der Waals surface area contributed by atoms with Crippen molar-refractivity contribution < 1.29 is 39.0 Å². The fourth-order valence-electron chi connectivity index (χ4n) is 2.24. The molecule has 0 rings (SSSR count). The minimum Gasteiger partial charge on any atom is -0.481 e. The number of rotatable bonds is 15. The molecule has 170 valence electrons. The summed E-state index contributed by atoms with van der Waals surface area (Å²) in [7, 11) is 0. The van der Waals surface area contributed by atoms with Crippen LogP contribution in [0.25, 0.3) is 0 Å². The molecule has 0 bridgehead atoms. The van der Waals surface area contributed by atoms with Crippen LogP contribution in [0.5, 0.6) is 0 Å². The number of carbonyl (C=O) groups excluding carboxylic acids is 4. The molecule has 0 aromatic rings. The van der Waals surface area contributed by atoms with E-state index in [9.17, 15) is 28.8 Å². The number of carboxylic acid groups (broad SMARTS) is 2. The van der Waals surface area contributed by atoms with Gasteiger partial charge in [0.2, 0.25) is 23.6 Å². The number of primary amides is 1. The van der Waals surface area contributed by atoms with Crippen LogP contribution in [-0.2, 0) is 28.8 Å². The molecule has 0 radical (unpaired) electrons. The Kier molecular flexibility index (Phi) is 12.3. The van der Waals surface area contributed by atoms with E-state index >= 15 is 0 Å². The number of carboxylic acids is 2. The van der Waals surface area contributed by atoms with Gasteiger partial charge in [-0.25, -0.2) is 4.79 Å². The summed E-state index contributed by atoms with van der Waals surface area (Å²) >= 11 is 0. The molecule has 0 saturated heterocycles. The molecule has 0 saturated carbocycles. The summed E-state index contributed by atoms with van der Waals surface area (Å²) in [5.41, 5.74) is 15.9. The molecule has 11 N–H and O–H groups in total. The lowest BCUT2D eigenvalue weighted by Gasteiger charge is -2.20. The van der Waals surface area contributed by atoms with Crippen LogP contribution < -0.4 is 33.2 Å². The third kappa shape index (κ3) is 11.6. The summed E-state index contributed by atoms with van der Waals surface area (Å²) in [5.74, 6) is -6.55. The lowest BCUT2D eigenvalue weighted by Crippen LogP contribution is -2.54. The second-order valence-electron chi connectivity index (χ2n) is 6.40. The monoisotopic (exact) mass is 432 g/mol. The highest BCUT2D eigenvalue weighted by Gasteiger charge is 2.27. The van der Waals surface area contributed by atoms with E-state index in [4.69, 9.17) is 27.4 Å². The number of nitrogens with one attached hydrogen (secondary N) is 3. The van der Waals surface area contributed by atoms with Crippen molar-refractivity contribution in [3.8, 4) is 0 Å². The first-order valence-electron chi connectivity index (χ1n) is 9.03. The SMILES string of the molecule is NCCCCC(N)C(=O)NC(CC(=O)O)C(=O)NCC(=O)NC(CC(N)=O)C(=O)O. The maximum atomic E-state index is 12.2. The van der Waals surface area contributed by atoms with Crippen LogP contribution >= 0.6 is 0 Å². The second-order valence-corrected chi connectivity index (χ2v) is 6.40. The molecule has 4 amide bonds. The Morgan fingerprint density at radius 1 is 0.867 bits per heavy atom. The van der Waals surface area contributed by atoms with E-state index in [2.05, 4.69) is 10.6 Å². The number of carbonyl (C=O) groups is 6. The minimum atomic E-state index is -1.59. The van der Waals surface area contributed by atoms with Gasteiger partial charge in [0.15, 0.2) is 0 Å². The highest BCUT2D eigenvalue weighted by molar-refractivity contribution is 5.94. The average molecular weight is 432 g/mol. The first-order valence-corrected chi connectivity index (χ1v) is 9.03. The van der Waals surface area contributed by atoms with E-state index in [-0.39, 0.29) is 6.42 Å². The topological polar surface area (TPSA) is 257 Å². The van der Waals surface area contributed by atoms with Crippen molar-refractivity contribution >= 4 is 35.6 Å². The number of amides is 4. The molecule has 0 aliphatic carbocycles. The van der Waals surface area contributed by atoms with Gasteiger partial charge in [-0.15, -0.1) is 0 Å². The van der Waals surface area contributed by atoms with Gasteiger partial charge >= 0.3 is 11.9 Å². The van der Waals surface area contributed by atoms with Crippen molar-refractivity contribution in [3.63, 3.8) is 0 Å². The van der Waals surface area contributed by atoms with Gasteiger partial charge in [-0.1, -0.05) is 6.42 Å². The van der Waals surface area contributed by atoms with Crippen molar-refractivity contribution in [2.45, 2.75) is 50.2 Å². The molecule has 30 heavy (non-hydrogen) atoms. The first kappa shape index (κ1) is 26.7. The molecule has 0 aliphatic rings. The molecular formula is C16H28N6O8. The van der Waals surface area contributed by atoms with Gasteiger partial charge in [-0.05, 0) is 19.4 Å². The summed E-state index contributed by atoms with van der Waals surface area (Å²) in [4.78, 5) is 68.8. The molecule has 0 heterocycles. The predicted molar refractivity (Wildman–Crippen MR) is 101 cm³/mol. The normalized spacial score (nSPS) is 13.4. The summed E-state index contributed by atoms with van der Waals surface area (Å²) in [6.07, 6.45) is 0.0610. The fourth-order valence-corrected chi connectivity index (χ4v) is 2.24. The Labute approximate surface area is 171 Å².